The van der Waals surface area contributed by atoms with Gasteiger partial charge in [-0.15, -0.1) is 0 Å². The Morgan fingerprint density at radius 3 is 1.79 bits per heavy atom. The molecule has 9 rings (SSSR count). The number of fused-ring (bicyclic) bond motifs is 7. The van der Waals surface area contributed by atoms with Gasteiger partial charge in [0.2, 0.25) is 0 Å². The summed E-state index contributed by atoms with van der Waals surface area (Å²) in [6, 6.07) is 64.4. The van der Waals surface area contributed by atoms with E-state index in [-0.39, 0.29) is 0 Å². The van der Waals surface area contributed by atoms with Crippen molar-refractivity contribution >= 4 is 21.8 Å². The van der Waals surface area contributed by atoms with Crippen LogP contribution in [0.3, 0.4) is 0 Å². The van der Waals surface area contributed by atoms with Gasteiger partial charge >= 0.3 is 0 Å². The van der Waals surface area contributed by atoms with Crippen molar-refractivity contribution in [2.24, 2.45) is 0 Å². The standard InChI is InChI=1S/C45H34N2/c1-5-15-32(16-6-1)30-46-31-47-42-29-34(33-17-7-2-8-18-33)25-26-38(42)40-28-27-39-37-23-13-14-24-41(37)45(43(39)44(40)47,35-19-9-3-10-20-35)36-21-11-4-12-22-36/h1-29,46H,30-31H2. The summed E-state index contributed by atoms with van der Waals surface area (Å²) in [6.45, 7) is 1.47. The molecule has 224 valence electrons. The van der Waals surface area contributed by atoms with Gasteiger partial charge in [-0.3, -0.25) is 5.32 Å². The minimum Gasteiger partial charge on any atom is -0.327 e. The molecule has 0 unspecified atom stereocenters. The molecule has 2 heteroatoms. The van der Waals surface area contributed by atoms with Crippen LogP contribution in [-0.4, -0.2) is 4.57 Å². The van der Waals surface area contributed by atoms with E-state index in [1.165, 1.54) is 71.9 Å². The molecule has 0 atom stereocenters. The molecule has 8 aromatic rings. The number of nitrogens with one attached hydrogen (secondary N) is 1. The first kappa shape index (κ1) is 27.6. The fourth-order valence-corrected chi connectivity index (χ4v) is 8.00. The highest BCUT2D eigenvalue weighted by Crippen LogP contribution is 2.58. The predicted octanol–water partition coefficient (Wildman–Crippen LogP) is 10.6. The number of aromatic nitrogens is 1. The molecule has 0 bridgehead atoms. The van der Waals surface area contributed by atoms with Crippen molar-refractivity contribution in [3.05, 3.63) is 204 Å². The summed E-state index contributed by atoms with van der Waals surface area (Å²) in [5.74, 6) is 0. The quantitative estimate of drug-likeness (QED) is 0.192. The van der Waals surface area contributed by atoms with Crippen molar-refractivity contribution in [3.8, 4) is 22.3 Å². The Balaban J connectivity index is 1.38. The van der Waals surface area contributed by atoms with Crippen LogP contribution in [0.5, 0.6) is 0 Å². The monoisotopic (exact) mass is 602 g/mol. The predicted molar refractivity (Wildman–Crippen MR) is 195 cm³/mol. The first-order valence-corrected chi connectivity index (χ1v) is 16.4. The Kier molecular flexibility index (Phi) is 6.62. The number of benzene rings is 7. The van der Waals surface area contributed by atoms with Gasteiger partial charge in [0.05, 0.1) is 23.1 Å². The molecule has 0 amide bonds. The normalized spacial score (nSPS) is 13.1. The summed E-state index contributed by atoms with van der Waals surface area (Å²) in [7, 11) is 0. The fourth-order valence-electron chi connectivity index (χ4n) is 8.00. The van der Waals surface area contributed by atoms with Crippen molar-refractivity contribution < 1.29 is 0 Å². The van der Waals surface area contributed by atoms with Crippen LogP contribution in [0.15, 0.2) is 176 Å². The van der Waals surface area contributed by atoms with Gasteiger partial charge in [0, 0.05) is 22.9 Å². The molecule has 0 saturated carbocycles. The molecule has 1 N–H and O–H groups in total. The van der Waals surface area contributed by atoms with Gasteiger partial charge in [0.25, 0.3) is 0 Å². The van der Waals surface area contributed by atoms with Crippen LogP contribution in [0.25, 0.3) is 44.1 Å². The van der Waals surface area contributed by atoms with E-state index in [9.17, 15) is 0 Å². The summed E-state index contributed by atoms with van der Waals surface area (Å²) in [6.07, 6.45) is 0. The Hall–Kier alpha value is -5.70. The summed E-state index contributed by atoms with van der Waals surface area (Å²) in [5.41, 5.74) is 13.6. The van der Waals surface area contributed by atoms with Crippen LogP contribution in [0.2, 0.25) is 0 Å². The van der Waals surface area contributed by atoms with Crippen LogP contribution in [0, 0.1) is 0 Å². The Bertz CT molecular complexity index is 2320. The summed E-state index contributed by atoms with van der Waals surface area (Å²) in [4.78, 5) is 0. The number of rotatable bonds is 7. The highest BCUT2D eigenvalue weighted by molar-refractivity contribution is 6.13. The molecule has 2 nitrogen and oxygen atoms in total. The zero-order valence-corrected chi connectivity index (χ0v) is 26.1. The van der Waals surface area contributed by atoms with Crippen LogP contribution in [0.1, 0.15) is 27.8 Å². The third-order valence-corrected chi connectivity index (χ3v) is 9.99. The van der Waals surface area contributed by atoms with Gasteiger partial charge in [-0.1, -0.05) is 170 Å². The molecule has 0 aliphatic heterocycles. The van der Waals surface area contributed by atoms with Crippen LogP contribution in [0.4, 0.5) is 0 Å². The first-order chi connectivity index (χ1) is 23.3. The molecule has 47 heavy (non-hydrogen) atoms. The maximum Gasteiger partial charge on any atom is 0.0734 e. The molecular formula is C45H34N2. The van der Waals surface area contributed by atoms with Crippen molar-refractivity contribution in [1.82, 2.24) is 9.88 Å². The molecule has 1 aliphatic carbocycles. The molecular weight excluding hydrogens is 569 g/mol. The van der Waals surface area contributed by atoms with E-state index in [1.807, 2.05) is 0 Å². The number of hydrogen-bond acceptors (Lipinski definition) is 1. The van der Waals surface area contributed by atoms with E-state index in [4.69, 9.17) is 0 Å². The third-order valence-electron chi connectivity index (χ3n) is 9.99. The maximum absolute atomic E-state index is 3.83. The molecule has 0 saturated heterocycles. The molecule has 0 fully saturated rings. The largest absolute Gasteiger partial charge is 0.327 e. The van der Waals surface area contributed by atoms with E-state index in [1.54, 1.807) is 0 Å². The minimum atomic E-state index is -0.484. The average Bonchev–Trinajstić information content (AvgIpc) is 3.63. The second kappa shape index (κ2) is 11.3. The topological polar surface area (TPSA) is 17.0 Å². The Labute approximate surface area is 275 Å². The van der Waals surface area contributed by atoms with Crippen molar-refractivity contribution in [3.63, 3.8) is 0 Å². The second-order valence-corrected chi connectivity index (χ2v) is 12.5. The molecule has 1 aliphatic rings. The number of hydrogen-bond donors (Lipinski definition) is 1. The summed E-state index contributed by atoms with van der Waals surface area (Å²) >= 11 is 0. The van der Waals surface area contributed by atoms with E-state index in [0.29, 0.717) is 6.67 Å². The minimum absolute atomic E-state index is 0.484. The van der Waals surface area contributed by atoms with Crippen molar-refractivity contribution in [1.29, 1.82) is 0 Å². The zero-order chi connectivity index (χ0) is 31.2. The van der Waals surface area contributed by atoms with Crippen LogP contribution in [-0.2, 0) is 18.6 Å². The summed E-state index contributed by atoms with van der Waals surface area (Å²) < 4.78 is 2.55. The van der Waals surface area contributed by atoms with E-state index in [2.05, 4.69) is 186 Å². The molecule has 0 spiro atoms. The Morgan fingerprint density at radius 2 is 1.09 bits per heavy atom. The fraction of sp³-hybridized carbons (Fsp3) is 0.0667. The van der Waals surface area contributed by atoms with Crippen LogP contribution >= 0.6 is 0 Å². The lowest BCUT2D eigenvalue weighted by molar-refractivity contribution is 0.580. The number of nitrogens with zero attached hydrogens (tertiary/aromatic N) is 1. The van der Waals surface area contributed by atoms with Crippen molar-refractivity contribution in [2.45, 2.75) is 18.6 Å². The van der Waals surface area contributed by atoms with Gasteiger partial charge < -0.3 is 4.57 Å². The lowest BCUT2D eigenvalue weighted by atomic mass is 9.67. The second-order valence-electron chi connectivity index (χ2n) is 12.5. The molecule has 0 radical (unpaired) electrons. The van der Waals surface area contributed by atoms with E-state index in [0.717, 1.165) is 6.54 Å². The van der Waals surface area contributed by atoms with E-state index < -0.39 is 5.41 Å². The van der Waals surface area contributed by atoms with E-state index >= 15 is 0 Å². The molecule has 1 heterocycles. The first-order valence-electron chi connectivity index (χ1n) is 16.4. The SMILES string of the molecule is c1ccc(CNCn2c3cc(-c4ccccc4)ccc3c3ccc4c(c32)C(c2ccccc2)(c2ccccc2)c2ccccc2-4)cc1. The zero-order valence-electron chi connectivity index (χ0n) is 26.1. The third kappa shape index (κ3) is 4.30. The maximum atomic E-state index is 3.83. The lowest BCUT2D eigenvalue weighted by Crippen LogP contribution is -2.29. The highest BCUT2D eigenvalue weighted by atomic mass is 15.1. The van der Waals surface area contributed by atoms with Gasteiger partial charge in [0.15, 0.2) is 0 Å². The van der Waals surface area contributed by atoms with Gasteiger partial charge in [-0.2, -0.15) is 0 Å². The molecule has 7 aromatic carbocycles. The highest BCUT2D eigenvalue weighted by Gasteiger charge is 2.47. The van der Waals surface area contributed by atoms with Gasteiger partial charge in [0.1, 0.15) is 0 Å². The van der Waals surface area contributed by atoms with Crippen LogP contribution < -0.4 is 5.32 Å². The lowest BCUT2D eigenvalue weighted by Gasteiger charge is -2.34. The molecule has 1 aromatic heterocycles. The Morgan fingerprint density at radius 1 is 0.489 bits per heavy atom. The van der Waals surface area contributed by atoms with Gasteiger partial charge in [-0.25, -0.2) is 0 Å². The smallest absolute Gasteiger partial charge is 0.0734 e. The van der Waals surface area contributed by atoms with Crippen molar-refractivity contribution in [2.75, 3.05) is 0 Å². The average molecular weight is 603 g/mol. The van der Waals surface area contributed by atoms with Gasteiger partial charge in [-0.05, 0) is 50.6 Å². The summed E-state index contributed by atoms with van der Waals surface area (Å²) in [5, 5.41) is 6.38.